The second kappa shape index (κ2) is 36.0. The fourth-order valence-electron chi connectivity index (χ4n) is 6.19. The largest absolute Gasteiger partial charge is 0.248 e. The Morgan fingerprint density at radius 2 is 0.439 bits per heavy atom. The van der Waals surface area contributed by atoms with Gasteiger partial charge in [0.05, 0.1) is 0 Å². The van der Waals surface area contributed by atoms with Gasteiger partial charge >= 0.3 is 0 Å². The topological polar surface area (TPSA) is 0 Å². The lowest BCUT2D eigenvalue weighted by atomic mass is 10.0. The first-order valence-electron chi connectivity index (χ1n) is 19.0. The highest BCUT2D eigenvalue weighted by molar-refractivity contribution is 14.1. The van der Waals surface area contributed by atoms with Crippen molar-refractivity contribution < 1.29 is 0 Å². The van der Waals surface area contributed by atoms with E-state index in [1.165, 1.54) is 223 Å². The van der Waals surface area contributed by atoms with E-state index in [-0.39, 0.29) is 0 Å². The average molecular weight is 746 g/mol. The summed E-state index contributed by atoms with van der Waals surface area (Å²) < 4.78 is 1.34. The molecule has 0 fully saturated rings. The molecule has 0 aromatic carbocycles. The van der Waals surface area contributed by atoms with Gasteiger partial charge < -0.3 is 0 Å². The van der Waals surface area contributed by atoms with Gasteiger partial charge in [-0.2, -0.15) is 0 Å². The maximum absolute atomic E-state index is 6.16. The molecule has 0 aromatic heterocycles. The average Bonchev–Trinajstić information content (AvgIpc) is 2.94. The quantitative estimate of drug-likeness (QED) is 0.0197. The van der Waals surface area contributed by atoms with Crippen LogP contribution in [0.25, 0.3) is 0 Å². The summed E-state index contributed by atoms with van der Waals surface area (Å²) in [6.45, 7) is 0.202. The van der Waals surface area contributed by atoms with Crippen LogP contribution in [0.1, 0.15) is 218 Å². The Bertz CT molecular complexity index is 468. The minimum atomic E-state index is -1.84. The van der Waals surface area contributed by atoms with Crippen LogP contribution in [0.2, 0.25) is 12.6 Å². The maximum atomic E-state index is 6.16. The standard InChI is InChI=1S/C37H75Cl2ISi/c1-41(38,39)37-35-33-31-29-27-25-23-21-19-17-15-13-11-9-7-5-3-2-4-6-8-10-12-14-16-18-20-22-24-26-28-30-32-34-36-40/h2-37H2,1H3. The van der Waals surface area contributed by atoms with E-state index in [1.54, 1.807) is 0 Å². The van der Waals surface area contributed by atoms with Crippen molar-refractivity contribution in [1.29, 1.82) is 0 Å². The molecule has 0 saturated carbocycles. The fourth-order valence-corrected chi connectivity index (χ4v) is 8.40. The summed E-state index contributed by atoms with van der Waals surface area (Å²) in [6.07, 6.45) is 49.6. The molecule has 0 rings (SSSR count). The molecular weight excluding hydrogens is 670 g/mol. The zero-order valence-electron chi connectivity index (χ0n) is 28.1. The normalized spacial score (nSPS) is 12.0. The summed E-state index contributed by atoms with van der Waals surface area (Å²) in [5.41, 5.74) is 0. The van der Waals surface area contributed by atoms with Crippen LogP contribution in [-0.2, 0) is 0 Å². The molecule has 0 spiro atoms. The number of halogens is 3. The summed E-state index contributed by atoms with van der Waals surface area (Å²) in [4.78, 5) is 0. The number of hydrogen-bond donors (Lipinski definition) is 0. The van der Waals surface area contributed by atoms with Gasteiger partial charge in [-0.05, 0) is 23.4 Å². The third-order valence-corrected chi connectivity index (χ3v) is 12.1. The monoisotopic (exact) mass is 744 g/mol. The Balaban J connectivity index is 3.04. The first kappa shape index (κ1) is 42.5. The van der Waals surface area contributed by atoms with Crippen LogP contribution < -0.4 is 0 Å². The number of rotatable bonds is 36. The maximum Gasteiger partial charge on any atom is 0.248 e. The summed E-state index contributed by atoms with van der Waals surface area (Å²) in [5, 5.41) is 0. The molecule has 0 aliphatic carbocycles. The molecule has 0 unspecified atom stereocenters. The smallest absolute Gasteiger partial charge is 0.146 e. The molecule has 0 aliphatic heterocycles. The molecule has 0 amide bonds. The van der Waals surface area contributed by atoms with Gasteiger partial charge in [0.2, 0.25) is 6.69 Å². The minimum Gasteiger partial charge on any atom is -0.146 e. The highest BCUT2D eigenvalue weighted by Gasteiger charge is 2.19. The van der Waals surface area contributed by atoms with Crippen molar-refractivity contribution in [3.05, 3.63) is 0 Å². The first-order valence-corrected chi connectivity index (χ1v) is 25.3. The molecule has 0 heterocycles. The Kier molecular flexibility index (Phi) is 37.3. The van der Waals surface area contributed by atoms with E-state index in [1.807, 2.05) is 6.55 Å². The fraction of sp³-hybridized carbons (Fsp3) is 1.00. The van der Waals surface area contributed by atoms with Crippen LogP contribution in [0, 0.1) is 0 Å². The third-order valence-electron chi connectivity index (χ3n) is 9.00. The Morgan fingerprint density at radius 3 is 0.585 bits per heavy atom. The van der Waals surface area contributed by atoms with Gasteiger partial charge in [-0.15, -0.1) is 22.2 Å². The van der Waals surface area contributed by atoms with Gasteiger partial charge in [0.15, 0.2) is 0 Å². The Labute approximate surface area is 285 Å². The van der Waals surface area contributed by atoms with E-state index in [4.69, 9.17) is 22.2 Å². The lowest BCUT2D eigenvalue weighted by Crippen LogP contribution is -2.11. The van der Waals surface area contributed by atoms with E-state index in [2.05, 4.69) is 22.6 Å². The van der Waals surface area contributed by atoms with E-state index < -0.39 is 6.69 Å². The molecule has 0 saturated heterocycles. The molecule has 0 atom stereocenters. The van der Waals surface area contributed by atoms with Gasteiger partial charge in [-0.1, -0.05) is 234 Å². The third kappa shape index (κ3) is 41.5. The van der Waals surface area contributed by atoms with Crippen LogP contribution >= 0.6 is 44.7 Å². The first-order chi connectivity index (χ1) is 20.1. The van der Waals surface area contributed by atoms with Crippen molar-refractivity contribution in [2.45, 2.75) is 231 Å². The molecule has 0 radical (unpaired) electrons. The lowest BCUT2D eigenvalue weighted by Gasteiger charge is -2.09. The van der Waals surface area contributed by atoms with Crippen LogP contribution in [0.15, 0.2) is 0 Å². The SMILES string of the molecule is C[Si](Cl)(Cl)CCCCCCCCCCCCCCCCCCCCCCCCCCCCCCCCCCCCI. The summed E-state index contributed by atoms with van der Waals surface area (Å²) in [6, 6.07) is 1.07. The van der Waals surface area contributed by atoms with Crippen molar-refractivity contribution in [3.8, 4) is 0 Å². The van der Waals surface area contributed by atoms with E-state index in [9.17, 15) is 0 Å². The van der Waals surface area contributed by atoms with Crippen molar-refractivity contribution >= 4 is 51.4 Å². The van der Waals surface area contributed by atoms with E-state index >= 15 is 0 Å². The van der Waals surface area contributed by atoms with Gasteiger partial charge in [0.1, 0.15) is 0 Å². The molecule has 0 bridgehead atoms. The van der Waals surface area contributed by atoms with E-state index in [0.717, 1.165) is 6.04 Å². The van der Waals surface area contributed by atoms with Crippen LogP contribution in [0.5, 0.6) is 0 Å². The number of unbranched alkanes of at least 4 members (excludes halogenated alkanes) is 33. The molecule has 248 valence electrons. The number of hydrogen-bond acceptors (Lipinski definition) is 0. The van der Waals surface area contributed by atoms with Crippen LogP contribution in [-0.4, -0.2) is 11.1 Å². The second-order valence-electron chi connectivity index (χ2n) is 13.5. The van der Waals surface area contributed by atoms with Crippen molar-refractivity contribution in [3.63, 3.8) is 0 Å². The van der Waals surface area contributed by atoms with Crippen LogP contribution in [0.3, 0.4) is 0 Å². The summed E-state index contributed by atoms with van der Waals surface area (Å²) in [7, 11) is 0. The van der Waals surface area contributed by atoms with Gasteiger partial charge in [0.25, 0.3) is 0 Å². The Hall–Kier alpha value is 1.53. The van der Waals surface area contributed by atoms with Crippen molar-refractivity contribution in [1.82, 2.24) is 0 Å². The highest BCUT2D eigenvalue weighted by atomic mass is 127. The van der Waals surface area contributed by atoms with Crippen molar-refractivity contribution in [2.24, 2.45) is 0 Å². The molecule has 0 N–H and O–H groups in total. The molecule has 0 nitrogen and oxygen atoms in total. The highest BCUT2D eigenvalue weighted by Crippen LogP contribution is 2.23. The Morgan fingerprint density at radius 1 is 0.293 bits per heavy atom. The predicted octanol–water partition coefficient (Wildman–Crippen LogP) is 16.2. The summed E-state index contributed by atoms with van der Waals surface area (Å²) in [5.74, 6) is 0. The second-order valence-corrected chi connectivity index (χ2v) is 22.8. The van der Waals surface area contributed by atoms with Gasteiger partial charge in [-0.25, -0.2) is 0 Å². The lowest BCUT2D eigenvalue weighted by molar-refractivity contribution is 0.511. The van der Waals surface area contributed by atoms with Crippen molar-refractivity contribution in [2.75, 3.05) is 4.43 Å². The zero-order valence-corrected chi connectivity index (χ0v) is 32.8. The molecule has 0 aromatic rings. The molecule has 41 heavy (non-hydrogen) atoms. The zero-order chi connectivity index (χ0) is 30.0. The van der Waals surface area contributed by atoms with Gasteiger partial charge in [-0.3, -0.25) is 0 Å². The van der Waals surface area contributed by atoms with E-state index in [0.29, 0.717) is 0 Å². The van der Waals surface area contributed by atoms with Crippen LogP contribution in [0.4, 0.5) is 0 Å². The number of alkyl halides is 1. The minimum absolute atomic E-state index is 1.07. The molecular formula is C37H75Cl2ISi. The molecule has 0 aliphatic rings. The summed E-state index contributed by atoms with van der Waals surface area (Å²) >= 11 is 14.8. The predicted molar refractivity (Wildman–Crippen MR) is 204 cm³/mol. The van der Waals surface area contributed by atoms with Gasteiger partial charge in [0, 0.05) is 0 Å². The molecule has 4 heteroatoms.